The molecule has 2 aromatic carbocycles. The van der Waals surface area contributed by atoms with E-state index >= 15 is 0 Å². The first-order chi connectivity index (χ1) is 10.1. The third-order valence-electron chi connectivity index (χ3n) is 3.24. The number of hydrogen-bond donors (Lipinski definition) is 1. The monoisotopic (exact) mass is 279 g/mol. The fourth-order valence-corrected chi connectivity index (χ4v) is 2.16. The number of benzene rings is 2. The van der Waals surface area contributed by atoms with E-state index in [9.17, 15) is 4.79 Å². The molecule has 1 aromatic heterocycles. The Morgan fingerprint density at radius 2 is 1.86 bits per heavy atom. The van der Waals surface area contributed by atoms with E-state index in [1.165, 1.54) is 0 Å². The largest absolute Gasteiger partial charge is 0.478 e. The van der Waals surface area contributed by atoms with Gasteiger partial charge in [0.25, 0.3) is 0 Å². The highest BCUT2D eigenvalue weighted by Gasteiger charge is 2.10. The van der Waals surface area contributed by atoms with E-state index in [2.05, 4.69) is 4.98 Å². The van der Waals surface area contributed by atoms with Gasteiger partial charge in [0.1, 0.15) is 5.75 Å². The molecule has 0 aliphatic carbocycles. The molecule has 0 fully saturated rings. The molecule has 1 N–H and O–H groups in total. The number of hydrogen-bond acceptors (Lipinski definition) is 3. The maximum atomic E-state index is 11.2. The molecule has 0 atom stereocenters. The van der Waals surface area contributed by atoms with Gasteiger partial charge in [-0.1, -0.05) is 24.3 Å². The van der Waals surface area contributed by atoms with Gasteiger partial charge in [-0.05, 0) is 36.8 Å². The summed E-state index contributed by atoms with van der Waals surface area (Å²) in [5.41, 5.74) is 1.85. The van der Waals surface area contributed by atoms with Gasteiger partial charge in [-0.15, -0.1) is 0 Å². The van der Waals surface area contributed by atoms with Crippen LogP contribution in [0.25, 0.3) is 10.9 Å². The molecule has 4 heteroatoms. The number of para-hydroxylation sites is 1. The van der Waals surface area contributed by atoms with Gasteiger partial charge in [-0.3, -0.25) is 0 Å². The van der Waals surface area contributed by atoms with Crippen molar-refractivity contribution >= 4 is 16.9 Å². The van der Waals surface area contributed by atoms with Crippen LogP contribution in [0, 0.1) is 6.92 Å². The summed E-state index contributed by atoms with van der Waals surface area (Å²) in [6.45, 7) is 1.96. The number of carbonyl (C=O) groups is 1. The van der Waals surface area contributed by atoms with Crippen molar-refractivity contribution < 1.29 is 14.6 Å². The van der Waals surface area contributed by atoms with Gasteiger partial charge < -0.3 is 9.84 Å². The van der Waals surface area contributed by atoms with Crippen LogP contribution in [0.15, 0.2) is 54.6 Å². The summed E-state index contributed by atoms with van der Waals surface area (Å²) in [5.74, 6) is 0.216. The van der Waals surface area contributed by atoms with E-state index in [4.69, 9.17) is 9.84 Å². The topological polar surface area (TPSA) is 59.4 Å². The molecule has 104 valence electrons. The van der Waals surface area contributed by atoms with E-state index in [-0.39, 0.29) is 5.56 Å². The Morgan fingerprint density at radius 1 is 1.05 bits per heavy atom. The average molecular weight is 279 g/mol. The van der Waals surface area contributed by atoms with Crippen LogP contribution in [0.5, 0.6) is 11.6 Å². The van der Waals surface area contributed by atoms with Crippen LogP contribution in [0.2, 0.25) is 0 Å². The highest BCUT2D eigenvalue weighted by atomic mass is 16.5. The van der Waals surface area contributed by atoms with Crippen molar-refractivity contribution in [3.8, 4) is 11.6 Å². The molecular weight excluding hydrogens is 266 g/mol. The molecule has 4 nitrogen and oxygen atoms in total. The van der Waals surface area contributed by atoms with Gasteiger partial charge in [0, 0.05) is 11.5 Å². The van der Waals surface area contributed by atoms with Crippen LogP contribution < -0.4 is 4.74 Å². The Balaban J connectivity index is 2.03. The Kier molecular flexibility index (Phi) is 3.28. The average Bonchev–Trinajstić information content (AvgIpc) is 2.48. The standard InChI is InChI=1S/C17H13NO3/c1-11-5-2-3-8-15(11)21-16-10-9-12-13(17(19)20)6-4-7-14(12)18-16/h2-10H,1H3,(H,19,20). The van der Waals surface area contributed by atoms with Crippen molar-refractivity contribution in [1.82, 2.24) is 4.98 Å². The Bertz CT molecular complexity index is 827. The zero-order valence-electron chi connectivity index (χ0n) is 11.4. The Labute approximate surface area is 121 Å². The number of aryl methyl sites for hydroxylation is 1. The molecule has 21 heavy (non-hydrogen) atoms. The SMILES string of the molecule is Cc1ccccc1Oc1ccc2c(C(=O)O)cccc2n1. The fourth-order valence-electron chi connectivity index (χ4n) is 2.16. The molecule has 0 radical (unpaired) electrons. The summed E-state index contributed by atoms with van der Waals surface area (Å²) in [7, 11) is 0. The van der Waals surface area contributed by atoms with Crippen LogP contribution in [0.1, 0.15) is 15.9 Å². The lowest BCUT2D eigenvalue weighted by atomic mass is 10.1. The first-order valence-corrected chi connectivity index (χ1v) is 6.52. The van der Waals surface area contributed by atoms with Gasteiger partial charge in [0.05, 0.1) is 11.1 Å². The van der Waals surface area contributed by atoms with Crippen LogP contribution in [0.4, 0.5) is 0 Å². The van der Waals surface area contributed by atoms with Crippen molar-refractivity contribution in [1.29, 1.82) is 0 Å². The molecule has 0 saturated heterocycles. The number of ether oxygens (including phenoxy) is 1. The van der Waals surface area contributed by atoms with Crippen molar-refractivity contribution in [3.63, 3.8) is 0 Å². The summed E-state index contributed by atoms with van der Waals surface area (Å²) < 4.78 is 5.76. The summed E-state index contributed by atoms with van der Waals surface area (Å²) in [4.78, 5) is 15.5. The molecule has 0 spiro atoms. The molecule has 0 amide bonds. The lowest BCUT2D eigenvalue weighted by Crippen LogP contribution is -1.98. The van der Waals surface area contributed by atoms with Crippen molar-refractivity contribution in [2.24, 2.45) is 0 Å². The molecular formula is C17H13NO3. The minimum Gasteiger partial charge on any atom is -0.478 e. The van der Waals surface area contributed by atoms with Gasteiger partial charge >= 0.3 is 5.97 Å². The molecule has 3 aromatic rings. The molecule has 0 aliphatic heterocycles. The summed E-state index contributed by atoms with van der Waals surface area (Å²) >= 11 is 0. The molecule has 0 bridgehead atoms. The van der Waals surface area contributed by atoms with Crippen LogP contribution in [-0.4, -0.2) is 16.1 Å². The number of nitrogens with zero attached hydrogens (tertiary/aromatic N) is 1. The van der Waals surface area contributed by atoms with E-state index in [0.717, 1.165) is 11.3 Å². The molecule has 3 rings (SSSR count). The van der Waals surface area contributed by atoms with Gasteiger partial charge in [0.2, 0.25) is 5.88 Å². The maximum Gasteiger partial charge on any atom is 0.336 e. The second kappa shape index (κ2) is 5.25. The number of aromatic carboxylic acids is 1. The fraction of sp³-hybridized carbons (Fsp3) is 0.0588. The second-order valence-electron chi connectivity index (χ2n) is 4.69. The van der Waals surface area contributed by atoms with Crippen molar-refractivity contribution in [2.75, 3.05) is 0 Å². The number of rotatable bonds is 3. The quantitative estimate of drug-likeness (QED) is 0.786. The smallest absolute Gasteiger partial charge is 0.336 e. The maximum absolute atomic E-state index is 11.2. The van der Waals surface area contributed by atoms with E-state index < -0.39 is 5.97 Å². The Morgan fingerprint density at radius 3 is 2.62 bits per heavy atom. The van der Waals surface area contributed by atoms with Crippen LogP contribution in [0.3, 0.4) is 0 Å². The lowest BCUT2D eigenvalue weighted by Gasteiger charge is -2.09. The normalized spacial score (nSPS) is 10.5. The minimum atomic E-state index is -0.963. The minimum absolute atomic E-state index is 0.238. The van der Waals surface area contributed by atoms with E-state index in [0.29, 0.717) is 16.8 Å². The van der Waals surface area contributed by atoms with Crippen LogP contribution >= 0.6 is 0 Å². The predicted octanol–water partition coefficient (Wildman–Crippen LogP) is 4.03. The zero-order valence-corrected chi connectivity index (χ0v) is 11.4. The summed E-state index contributed by atoms with van der Waals surface area (Å²) in [5, 5.41) is 9.76. The van der Waals surface area contributed by atoms with Gasteiger partial charge in [-0.25, -0.2) is 9.78 Å². The summed E-state index contributed by atoms with van der Waals surface area (Å²) in [6.07, 6.45) is 0. The molecule has 0 aliphatic rings. The zero-order chi connectivity index (χ0) is 14.8. The highest BCUT2D eigenvalue weighted by Crippen LogP contribution is 2.26. The number of aromatic nitrogens is 1. The van der Waals surface area contributed by atoms with Gasteiger partial charge in [-0.2, -0.15) is 0 Å². The lowest BCUT2D eigenvalue weighted by molar-refractivity contribution is 0.0699. The first-order valence-electron chi connectivity index (χ1n) is 6.52. The predicted molar refractivity (Wildman–Crippen MR) is 80.0 cm³/mol. The molecule has 0 saturated carbocycles. The first kappa shape index (κ1) is 13.1. The molecule has 1 heterocycles. The third kappa shape index (κ3) is 2.56. The highest BCUT2D eigenvalue weighted by molar-refractivity contribution is 6.02. The van der Waals surface area contributed by atoms with E-state index in [1.54, 1.807) is 30.3 Å². The van der Waals surface area contributed by atoms with Crippen LogP contribution in [-0.2, 0) is 0 Å². The van der Waals surface area contributed by atoms with Crippen molar-refractivity contribution in [3.05, 3.63) is 65.7 Å². The number of fused-ring (bicyclic) bond motifs is 1. The Hall–Kier alpha value is -2.88. The molecule has 0 unspecified atom stereocenters. The second-order valence-corrected chi connectivity index (χ2v) is 4.69. The van der Waals surface area contributed by atoms with Gasteiger partial charge in [0.15, 0.2) is 0 Å². The summed E-state index contributed by atoms with van der Waals surface area (Å²) in [6, 6.07) is 16.1. The third-order valence-corrected chi connectivity index (χ3v) is 3.24. The van der Waals surface area contributed by atoms with Crippen molar-refractivity contribution in [2.45, 2.75) is 6.92 Å². The van der Waals surface area contributed by atoms with E-state index in [1.807, 2.05) is 31.2 Å². The number of carboxylic acid groups (broad SMARTS) is 1. The number of pyridine rings is 1. The number of carboxylic acids is 1.